The number of nitrogens with one attached hydrogen (secondary N) is 1. The van der Waals surface area contributed by atoms with Gasteiger partial charge in [-0.15, -0.1) is 0 Å². The first-order chi connectivity index (χ1) is 10.1. The summed E-state index contributed by atoms with van der Waals surface area (Å²) in [6.45, 7) is 6.68. The maximum absolute atomic E-state index is 11.3. The van der Waals surface area contributed by atoms with E-state index in [-0.39, 0.29) is 12.5 Å². The number of carbonyl (C=O) groups is 1. The lowest BCUT2D eigenvalue weighted by Gasteiger charge is -2.28. The van der Waals surface area contributed by atoms with Gasteiger partial charge in [-0.3, -0.25) is 9.69 Å². The molecule has 0 spiro atoms. The number of aliphatic hydroxyl groups is 1. The van der Waals surface area contributed by atoms with E-state index in [4.69, 9.17) is 4.74 Å². The molecule has 1 aromatic carbocycles. The Bertz CT molecular complexity index is 476. The molecule has 21 heavy (non-hydrogen) atoms. The zero-order chi connectivity index (χ0) is 15.2. The van der Waals surface area contributed by atoms with Gasteiger partial charge in [0.1, 0.15) is 18.5 Å². The maximum atomic E-state index is 11.3. The first kappa shape index (κ1) is 15.8. The Hall–Kier alpha value is -1.59. The van der Waals surface area contributed by atoms with Gasteiger partial charge in [0.15, 0.2) is 0 Å². The highest BCUT2D eigenvalue weighted by molar-refractivity contribution is 5.78. The van der Waals surface area contributed by atoms with Gasteiger partial charge in [0, 0.05) is 19.6 Å². The van der Waals surface area contributed by atoms with E-state index in [2.05, 4.69) is 19.2 Å². The molecule has 2 rings (SSSR count). The van der Waals surface area contributed by atoms with Crippen LogP contribution in [0.1, 0.15) is 25.3 Å². The second-order valence-electron chi connectivity index (χ2n) is 5.74. The minimum atomic E-state index is -0.601. The third-order valence-electron chi connectivity index (χ3n) is 3.56. The number of nitrogens with zero attached hydrogens (tertiary/aromatic N) is 1. The van der Waals surface area contributed by atoms with Gasteiger partial charge in [-0.25, -0.2) is 0 Å². The second kappa shape index (κ2) is 7.43. The highest BCUT2D eigenvalue weighted by Gasteiger charge is 2.19. The predicted molar refractivity (Wildman–Crippen MR) is 81.5 cm³/mol. The highest BCUT2D eigenvalue weighted by Crippen LogP contribution is 2.25. The molecule has 1 fully saturated rings. The van der Waals surface area contributed by atoms with Gasteiger partial charge < -0.3 is 15.2 Å². The number of carbonyl (C=O) groups excluding carboxylic acids is 1. The summed E-state index contributed by atoms with van der Waals surface area (Å²) < 4.78 is 5.75. The number of hydrogen-bond acceptors (Lipinski definition) is 4. The summed E-state index contributed by atoms with van der Waals surface area (Å²) in [6, 6.07) is 7.89. The van der Waals surface area contributed by atoms with Crippen molar-refractivity contribution < 1.29 is 14.6 Å². The fraction of sp³-hybridized carbons (Fsp3) is 0.562. The molecular formula is C16H24N2O3. The molecule has 0 aliphatic carbocycles. The molecule has 1 unspecified atom stereocenters. The van der Waals surface area contributed by atoms with Crippen molar-refractivity contribution in [2.24, 2.45) is 0 Å². The van der Waals surface area contributed by atoms with Crippen LogP contribution in [0, 0.1) is 0 Å². The molecule has 5 heteroatoms. The topological polar surface area (TPSA) is 61.8 Å². The third-order valence-corrected chi connectivity index (χ3v) is 3.56. The molecule has 1 aliphatic heterocycles. The lowest BCUT2D eigenvalue weighted by Crippen LogP contribution is -2.50. The molecular weight excluding hydrogens is 268 g/mol. The van der Waals surface area contributed by atoms with Gasteiger partial charge in [0.05, 0.1) is 6.54 Å². The van der Waals surface area contributed by atoms with E-state index in [0.717, 1.165) is 17.9 Å². The molecule has 0 radical (unpaired) electrons. The Balaban J connectivity index is 1.83. The van der Waals surface area contributed by atoms with Crippen molar-refractivity contribution >= 4 is 5.91 Å². The monoisotopic (exact) mass is 292 g/mol. The third kappa shape index (κ3) is 4.72. The Morgan fingerprint density at radius 2 is 2.14 bits per heavy atom. The van der Waals surface area contributed by atoms with E-state index >= 15 is 0 Å². The number of rotatable bonds is 6. The highest BCUT2D eigenvalue weighted by atomic mass is 16.5. The Kier molecular flexibility index (Phi) is 5.59. The number of aliphatic hydroxyl groups excluding tert-OH is 1. The first-order valence-corrected chi connectivity index (χ1v) is 7.45. The molecule has 1 saturated heterocycles. The summed E-state index contributed by atoms with van der Waals surface area (Å²) >= 11 is 0. The van der Waals surface area contributed by atoms with Crippen LogP contribution in [0.25, 0.3) is 0 Å². The fourth-order valence-electron chi connectivity index (χ4n) is 2.47. The number of piperazine rings is 1. The van der Waals surface area contributed by atoms with E-state index in [1.54, 1.807) is 0 Å². The molecule has 1 atom stereocenters. The fourth-order valence-corrected chi connectivity index (χ4v) is 2.47. The molecule has 1 heterocycles. The van der Waals surface area contributed by atoms with E-state index in [9.17, 15) is 9.90 Å². The molecule has 5 nitrogen and oxygen atoms in total. The standard InChI is InChI=1S/C16H24N2O3/c1-12(2)14-5-3-4-6-15(14)21-11-13(19)9-18-8-7-17-16(20)10-18/h3-6,12-13,19H,7-11H2,1-2H3,(H,17,20). The van der Waals surface area contributed by atoms with Crippen LogP contribution in [-0.2, 0) is 4.79 Å². The van der Waals surface area contributed by atoms with Crippen molar-refractivity contribution in [2.75, 3.05) is 32.8 Å². The Morgan fingerprint density at radius 1 is 1.38 bits per heavy atom. The second-order valence-corrected chi connectivity index (χ2v) is 5.74. The van der Waals surface area contributed by atoms with E-state index in [1.807, 2.05) is 29.2 Å². The maximum Gasteiger partial charge on any atom is 0.234 e. The van der Waals surface area contributed by atoms with Crippen LogP contribution in [0.4, 0.5) is 0 Å². The van der Waals surface area contributed by atoms with Crippen molar-refractivity contribution in [3.63, 3.8) is 0 Å². The number of ether oxygens (including phenoxy) is 1. The number of benzene rings is 1. The predicted octanol–water partition coefficient (Wildman–Crippen LogP) is 0.981. The van der Waals surface area contributed by atoms with Crippen LogP contribution in [-0.4, -0.2) is 54.8 Å². The van der Waals surface area contributed by atoms with Crippen LogP contribution in [0.2, 0.25) is 0 Å². The smallest absolute Gasteiger partial charge is 0.234 e. The Morgan fingerprint density at radius 3 is 2.86 bits per heavy atom. The summed E-state index contributed by atoms with van der Waals surface area (Å²) in [6.07, 6.45) is -0.601. The Labute approximate surface area is 125 Å². The van der Waals surface area contributed by atoms with E-state index in [1.165, 1.54) is 0 Å². The van der Waals surface area contributed by atoms with Crippen LogP contribution in [0.15, 0.2) is 24.3 Å². The summed E-state index contributed by atoms with van der Waals surface area (Å²) in [7, 11) is 0. The van der Waals surface area contributed by atoms with Crippen molar-refractivity contribution in [3.05, 3.63) is 29.8 Å². The van der Waals surface area contributed by atoms with Crippen LogP contribution < -0.4 is 10.1 Å². The van der Waals surface area contributed by atoms with Gasteiger partial charge >= 0.3 is 0 Å². The number of β-amino-alcohol motifs (C(OH)–C–C–N with tert-alkyl or cyclic N) is 1. The average molecular weight is 292 g/mol. The van der Waals surface area contributed by atoms with Crippen LogP contribution in [0.3, 0.4) is 0 Å². The lowest BCUT2D eigenvalue weighted by atomic mass is 10.0. The largest absolute Gasteiger partial charge is 0.491 e. The quantitative estimate of drug-likeness (QED) is 0.820. The lowest BCUT2D eigenvalue weighted by molar-refractivity contribution is -0.124. The molecule has 1 aromatic rings. The van der Waals surface area contributed by atoms with Gasteiger partial charge in [0.2, 0.25) is 5.91 Å². The minimum absolute atomic E-state index is 0.0134. The summed E-state index contributed by atoms with van der Waals surface area (Å²) in [5.74, 6) is 1.21. The van der Waals surface area contributed by atoms with Crippen LogP contribution in [0.5, 0.6) is 5.75 Å². The van der Waals surface area contributed by atoms with Crippen molar-refractivity contribution in [1.29, 1.82) is 0 Å². The first-order valence-electron chi connectivity index (χ1n) is 7.45. The van der Waals surface area contributed by atoms with Crippen molar-refractivity contribution in [2.45, 2.75) is 25.9 Å². The normalized spacial score (nSPS) is 17.6. The summed E-state index contributed by atoms with van der Waals surface area (Å²) in [5, 5.41) is 12.8. The zero-order valence-corrected chi connectivity index (χ0v) is 12.7. The van der Waals surface area contributed by atoms with Gasteiger partial charge in [-0.05, 0) is 17.5 Å². The summed E-state index contributed by atoms with van der Waals surface area (Å²) in [4.78, 5) is 13.2. The van der Waals surface area contributed by atoms with E-state index < -0.39 is 6.10 Å². The minimum Gasteiger partial charge on any atom is -0.491 e. The zero-order valence-electron chi connectivity index (χ0n) is 12.7. The van der Waals surface area contributed by atoms with Crippen molar-refractivity contribution in [1.82, 2.24) is 10.2 Å². The van der Waals surface area contributed by atoms with Crippen molar-refractivity contribution in [3.8, 4) is 5.75 Å². The molecule has 1 amide bonds. The van der Waals surface area contributed by atoms with Gasteiger partial charge in [0.25, 0.3) is 0 Å². The van der Waals surface area contributed by atoms with Gasteiger partial charge in [-0.2, -0.15) is 0 Å². The number of amides is 1. The molecule has 0 saturated carbocycles. The average Bonchev–Trinajstić information content (AvgIpc) is 2.45. The van der Waals surface area contributed by atoms with Gasteiger partial charge in [-0.1, -0.05) is 32.0 Å². The SMILES string of the molecule is CC(C)c1ccccc1OCC(O)CN1CCNC(=O)C1. The molecule has 0 bridgehead atoms. The molecule has 0 aromatic heterocycles. The van der Waals surface area contributed by atoms with Crippen LogP contribution >= 0.6 is 0 Å². The molecule has 1 aliphatic rings. The molecule has 116 valence electrons. The molecule has 2 N–H and O–H groups in total. The van der Waals surface area contributed by atoms with E-state index in [0.29, 0.717) is 25.6 Å². The number of para-hydroxylation sites is 1. The summed E-state index contributed by atoms with van der Waals surface area (Å²) in [5.41, 5.74) is 1.14. The number of hydrogen-bond donors (Lipinski definition) is 2.